The molecule has 3 radical (unpaired) electrons. The largest absolute Gasteiger partial charge is 0.305 e. The van der Waals surface area contributed by atoms with E-state index in [2.05, 4.69) is 121 Å². The summed E-state index contributed by atoms with van der Waals surface area (Å²) in [7, 11) is 0. The van der Waals surface area contributed by atoms with Crippen LogP contribution in [0.1, 0.15) is 164 Å². The van der Waals surface area contributed by atoms with E-state index < -0.39 is 54.3 Å². The Morgan fingerprint density at radius 3 is 1.20 bits per heavy atom. The molecule has 6 nitrogen and oxygen atoms in total. The summed E-state index contributed by atoms with van der Waals surface area (Å²) in [6, 6.07) is 97.8. The van der Waals surface area contributed by atoms with E-state index in [-0.39, 0.29) is 105 Å². The zero-order valence-electron chi connectivity index (χ0n) is 90.4. The van der Waals surface area contributed by atoms with Crippen LogP contribution in [0, 0.1) is 133 Å². The molecule has 6 aliphatic carbocycles. The van der Waals surface area contributed by atoms with Crippen molar-refractivity contribution < 1.29 is 93.2 Å². The second-order valence-corrected chi connectivity index (χ2v) is 31.0. The third-order valence-corrected chi connectivity index (χ3v) is 22.4. The average molecular weight is 2120 g/mol. The van der Waals surface area contributed by atoms with E-state index in [4.69, 9.17) is 30.2 Å². The Morgan fingerprint density at radius 2 is 0.783 bits per heavy atom. The molecule has 0 aliphatic heterocycles. The van der Waals surface area contributed by atoms with Gasteiger partial charge in [0.05, 0.1) is 0 Å². The van der Waals surface area contributed by atoms with Crippen LogP contribution in [0.4, 0.5) is 0 Å². The van der Waals surface area contributed by atoms with E-state index >= 15 is 0 Å². The molecule has 120 heavy (non-hydrogen) atoms. The number of aromatic nitrogens is 6. The standard InChI is InChI=1S/C28H28N.C24H22N.C18H14N.2C14H14N.C13H12N.3Ir/c1-2-4-25(5-3-1)27-15-26(10-11-29-27)24-8-6-20(7-9-24)16-28-17-21-12-22(18-28)14-23(13-21)19-28;1-2-4-20(5-3-1)24-16-21(12-13-25-24)18-8-10-19(11-9-18)23-15-17-6-7-22(23)14-17;1-14-7-9-15(10-8-14)17-11-12-19-18(13-17)16-5-3-2-4-6-16;1-10-4-6-13(7-5-10)14-8-11(2)12(3)9-15-14;1-10-4-6-13(7-5-10)14-12(3)8-11(2)9-15-14;1-10-3-6-12(7-4-10)13-8-5-11(2)9-14-13;;;/h1-4,6-11,15,21-23H,12-14,16-19H2;1-4,8-13,16-17,22-23H,6-7,14-15H2;2-5,7-13H,1H3;2*4-6,8-9H,1-3H3;3-6,8-9H,1-2H3;;;/q6*-1;;;/i16D2;23D;1D3;1D3,3D3;2*1D3,2D3;;;. The maximum absolute atomic E-state index is 9.22. The normalized spacial score (nSPS) is 22.2. The molecule has 6 aliphatic rings. The van der Waals surface area contributed by atoms with Gasteiger partial charge in [0.25, 0.3) is 0 Å². The van der Waals surface area contributed by atoms with Gasteiger partial charge in [-0.05, 0) is 260 Å². The van der Waals surface area contributed by atoms with Crippen molar-refractivity contribution in [3.8, 4) is 101 Å². The predicted octanol–water partition coefficient (Wildman–Crippen LogP) is 27.7. The predicted molar refractivity (Wildman–Crippen MR) is 482 cm³/mol. The van der Waals surface area contributed by atoms with Gasteiger partial charge in [-0.25, -0.2) is 0 Å². The molecule has 21 rings (SSSR count). The van der Waals surface area contributed by atoms with Crippen molar-refractivity contribution in [2.24, 2.45) is 35.0 Å². The minimum absolute atomic E-state index is 0. The molecule has 9 heteroatoms. The molecule has 6 saturated carbocycles. The summed E-state index contributed by atoms with van der Waals surface area (Å²) in [5, 5.41) is 0. The number of pyridine rings is 6. The molecular formula is C111H104Ir3N6-6. The molecule has 6 aromatic heterocycles. The van der Waals surface area contributed by atoms with Crippen LogP contribution in [0.2, 0.25) is 0 Å². The first-order valence-electron chi connectivity index (χ1n) is 51.7. The molecular weight excluding hydrogens is 1990 g/mol. The van der Waals surface area contributed by atoms with Gasteiger partial charge in [0, 0.05) is 130 Å². The van der Waals surface area contributed by atoms with Gasteiger partial charge in [-0.15, -0.1) is 214 Å². The van der Waals surface area contributed by atoms with Crippen molar-refractivity contribution in [3.05, 3.63) is 396 Å². The van der Waals surface area contributed by atoms with Crippen LogP contribution >= 0.6 is 0 Å². The monoisotopic (exact) mass is 2120 g/mol. The van der Waals surface area contributed by atoms with Gasteiger partial charge in [-0.1, -0.05) is 159 Å². The minimum atomic E-state index is -2.19. The zero-order chi connectivity index (χ0) is 101. The average Bonchev–Trinajstić information content (AvgIpc) is 0.855. The minimum Gasteiger partial charge on any atom is -0.305 e. The number of hydrogen-bond acceptors (Lipinski definition) is 6. The van der Waals surface area contributed by atoms with E-state index in [1.807, 2.05) is 128 Å². The van der Waals surface area contributed by atoms with Gasteiger partial charge < -0.3 is 29.9 Å². The van der Waals surface area contributed by atoms with Crippen LogP contribution in [0.5, 0.6) is 0 Å². The number of benzene rings is 9. The molecule has 0 amide bonds. The van der Waals surface area contributed by atoms with Crippen molar-refractivity contribution >= 4 is 0 Å². The summed E-state index contributed by atoms with van der Waals surface area (Å²) >= 11 is 0. The van der Waals surface area contributed by atoms with Gasteiger partial charge in [0.15, 0.2) is 0 Å². The van der Waals surface area contributed by atoms with E-state index in [1.165, 1.54) is 111 Å². The third-order valence-electron chi connectivity index (χ3n) is 22.4. The van der Waals surface area contributed by atoms with Crippen LogP contribution in [-0.2, 0) is 66.7 Å². The third kappa shape index (κ3) is 23.5. The zero-order valence-corrected chi connectivity index (χ0v) is 73.6. The molecule has 0 saturated heterocycles. The topological polar surface area (TPSA) is 77.3 Å². The molecule has 3 atom stereocenters. The van der Waals surface area contributed by atoms with Gasteiger partial charge in [-0.2, -0.15) is 0 Å². The second kappa shape index (κ2) is 42.4. The van der Waals surface area contributed by atoms with E-state index in [9.17, 15) is 2.74 Å². The number of fused-ring (bicyclic) bond motifs is 2. The van der Waals surface area contributed by atoms with Crippen molar-refractivity contribution in [1.82, 2.24) is 29.9 Å². The van der Waals surface area contributed by atoms with Crippen LogP contribution in [0.3, 0.4) is 0 Å². The molecule has 6 heterocycles. The second-order valence-electron chi connectivity index (χ2n) is 31.0. The van der Waals surface area contributed by atoms with Crippen LogP contribution in [-0.4, -0.2) is 29.9 Å². The Balaban J connectivity index is 0.000000155. The van der Waals surface area contributed by atoms with Crippen LogP contribution < -0.4 is 0 Å². The fourth-order valence-electron chi connectivity index (χ4n) is 17.0. The maximum Gasteiger partial charge on any atom is 0.0355 e. The quantitative estimate of drug-likeness (QED) is 0.113. The molecule has 3 unspecified atom stereocenters. The molecule has 15 aromatic rings. The maximum atomic E-state index is 9.22. The number of nitrogens with zero attached hydrogens (tertiary/aromatic N) is 6. The molecule has 611 valence electrons. The number of hydrogen-bond donors (Lipinski definition) is 0. The molecule has 0 N–H and O–H groups in total. The number of rotatable bonds is 12. The summed E-state index contributed by atoms with van der Waals surface area (Å²) in [4.78, 5) is 25.8. The smallest absolute Gasteiger partial charge is 0.0355 e. The van der Waals surface area contributed by atoms with E-state index in [0.29, 0.717) is 56.4 Å². The molecule has 0 spiro atoms. The SMILES string of the molecule is [2H]C([2H])([2H])c1c[c-]c(-c2cc(C)c(C([2H])([2H])[2H])cn2)cc1.[2H]C([2H])([2H])c1c[c-]c(-c2ccc(C([2H])([2H])[2H])cn2)cc1.[2H]C([2H])([2H])c1c[c-]c(-c2ncc(C([2H])([2H])[2H])cc2C)cc1.[2H]C([2H])([2H])c1ccc(-c2ccnc(-c3[c-]cccc3)c2)cc1.[2H]C([2H])(c1ccc(-c2ccnc(-c3[c-]cccc3)c2)cc1)C12CC3CC(CC(C3)C1)C2.[2H]C1(c2ccc(-c3ccnc(-c4[c-]cccc4)c3)cc2)CC2CCC1C2.[Ir].[Ir].[Ir]. The summed E-state index contributed by atoms with van der Waals surface area (Å²) in [6.45, 7) is -11.6. The van der Waals surface area contributed by atoms with E-state index in [1.54, 1.807) is 68.6 Å². The Hall–Kier alpha value is -10.2. The van der Waals surface area contributed by atoms with Gasteiger partial charge in [0.2, 0.25) is 0 Å². The fourth-order valence-corrected chi connectivity index (χ4v) is 17.0. The molecule has 9 aromatic carbocycles. The van der Waals surface area contributed by atoms with Gasteiger partial charge in [0.1, 0.15) is 0 Å². The molecule has 6 bridgehead atoms. The van der Waals surface area contributed by atoms with Crippen LogP contribution in [0.15, 0.2) is 298 Å². The fraction of sp³-hybridized carbons (Fsp3) is 0.243. The summed E-state index contributed by atoms with van der Waals surface area (Å²) < 4.78 is 182. The Kier molecular flexibility index (Phi) is 21.9. The van der Waals surface area contributed by atoms with Crippen LogP contribution in [0.25, 0.3) is 101 Å². The van der Waals surface area contributed by atoms with E-state index in [0.717, 1.165) is 117 Å². The summed E-state index contributed by atoms with van der Waals surface area (Å²) in [5.74, 6) is 3.24. The number of aryl methyl sites for hydroxylation is 9. The Labute approximate surface area is 788 Å². The van der Waals surface area contributed by atoms with Crippen molar-refractivity contribution in [1.29, 1.82) is 0 Å². The van der Waals surface area contributed by atoms with Crippen molar-refractivity contribution in [3.63, 3.8) is 0 Å². The van der Waals surface area contributed by atoms with Crippen molar-refractivity contribution in [2.75, 3.05) is 0 Å². The Bertz CT molecular complexity index is 6660. The molecule has 6 fully saturated rings. The summed E-state index contributed by atoms with van der Waals surface area (Å²) in [6.07, 6.45) is 20.3. The first-order chi connectivity index (χ1) is 66.6. The first kappa shape index (κ1) is 62.0. The Morgan fingerprint density at radius 1 is 0.342 bits per heavy atom. The summed E-state index contributed by atoms with van der Waals surface area (Å²) in [5.41, 5.74) is 20.5. The van der Waals surface area contributed by atoms with Gasteiger partial charge in [-0.3, -0.25) is 0 Å². The van der Waals surface area contributed by atoms with Crippen molar-refractivity contribution in [2.45, 2.75) is 138 Å². The first-order valence-corrected chi connectivity index (χ1v) is 39.7. The van der Waals surface area contributed by atoms with Gasteiger partial charge >= 0.3 is 0 Å².